The highest BCUT2D eigenvalue weighted by Gasteiger charge is 2.37. The van der Waals surface area contributed by atoms with Crippen molar-refractivity contribution in [3.05, 3.63) is 0 Å². The molecule has 0 bridgehead atoms. The van der Waals surface area contributed by atoms with E-state index in [2.05, 4.69) is 10.2 Å². The van der Waals surface area contributed by atoms with Gasteiger partial charge in [0.05, 0.1) is 5.41 Å². The van der Waals surface area contributed by atoms with E-state index in [1.807, 2.05) is 6.92 Å². The molecule has 0 spiro atoms. The van der Waals surface area contributed by atoms with Gasteiger partial charge >= 0.3 is 5.97 Å². The molecule has 0 radical (unpaired) electrons. The monoisotopic (exact) mass is 228 g/mol. The second-order valence-corrected chi connectivity index (χ2v) is 4.57. The molecular formula is C11H20N2O3. The lowest BCUT2D eigenvalue weighted by atomic mass is 9.82. The Morgan fingerprint density at radius 2 is 1.94 bits per heavy atom. The summed E-state index contributed by atoms with van der Waals surface area (Å²) in [5.41, 5.74) is -0.761. The van der Waals surface area contributed by atoms with E-state index in [-0.39, 0.29) is 0 Å². The zero-order valence-corrected chi connectivity index (χ0v) is 9.95. The molecule has 1 aliphatic rings. The molecule has 0 amide bonds. The van der Waals surface area contributed by atoms with Crippen molar-refractivity contribution in [2.45, 2.75) is 20.3 Å². The molecule has 1 atom stereocenters. The van der Waals surface area contributed by atoms with Crippen LogP contribution in [0.15, 0.2) is 0 Å². The molecule has 0 aromatic heterocycles. The van der Waals surface area contributed by atoms with Crippen LogP contribution in [0.2, 0.25) is 0 Å². The van der Waals surface area contributed by atoms with Gasteiger partial charge in [0.1, 0.15) is 0 Å². The fraction of sp³-hybridized carbons (Fsp3) is 0.818. The highest BCUT2D eigenvalue weighted by Crippen LogP contribution is 2.24. The molecule has 2 N–H and O–H groups in total. The Kier molecular flexibility index (Phi) is 4.44. The van der Waals surface area contributed by atoms with Gasteiger partial charge in [0.15, 0.2) is 0 Å². The van der Waals surface area contributed by atoms with Crippen molar-refractivity contribution in [3.63, 3.8) is 0 Å². The van der Waals surface area contributed by atoms with Crippen molar-refractivity contribution in [2.24, 2.45) is 5.41 Å². The van der Waals surface area contributed by atoms with Crippen LogP contribution in [-0.4, -0.2) is 54.5 Å². The first-order valence-electron chi connectivity index (χ1n) is 5.70. The number of carbonyl (C=O) groups excluding carboxylic acids is 1. The lowest BCUT2D eigenvalue weighted by molar-refractivity contribution is -0.154. The van der Waals surface area contributed by atoms with Gasteiger partial charge in [-0.1, -0.05) is 13.8 Å². The number of carboxylic acid groups (broad SMARTS) is 1. The van der Waals surface area contributed by atoms with E-state index < -0.39 is 17.2 Å². The third kappa shape index (κ3) is 3.02. The quantitative estimate of drug-likeness (QED) is 0.646. The Morgan fingerprint density at radius 1 is 1.38 bits per heavy atom. The van der Waals surface area contributed by atoms with Crippen LogP contribution < -0.4 is 5.32 Å². The van der Waals surface area contributed by atoms with Gasteiger partial charge in [0.2, 0.25) is 5.78 Å². The fourth-order valence-electron chi connectivity index (χ4n) is 1.97. The summed E-state index contributed by atoms with van der Waals surface area (Å²) in [5, 5.41) is 12.0. The second kappa shape index (κ2) is 5.41. The maximum Gasteiger partial charge on any atom is 0.372 e. The smallest absolute Gasteiger partial charge is 0.372 e. The van der Waals surface area contributed by atoms with Crippen LogP contribution in [0, 0.1) is 5.41 Å². The molecule has 1 unspecified atom stereocenters. The SMILES string of the molecule is CCC(C)(CN1CCNCC1)C(=O)C(=O)O. The highest BCUT2D eigenvalue weighted by atomic mass is 16.4. The fourth-order valence-corrected chi connectivity index (χ4v) is 1.97. The number of ketones is 1. The number of carboxylic acids is 1. The molecule has 1 fully saturated rings. The van der Waals surface area contributed by atoms with E-state index in [1.54, 1.807) is 6.92 Å². The Morgan fingerprint density at radius 3 is 2.38 bits per heavy atom. The van der Waals surface area contributed by atoms with E-state index in [0.29, 0.717) is 13.0 Å². The molecule has 5 heteroatoms. The lowest BCUT2D eigenvalue weighted by Crippen LogP contribution is -2.50. The maximum atomic E-state index is 11.6. The molecule has 1 aliphatic heterocycles. The van der Waals surface area contributed by atoms with Gasteiger partial charge in [0, 0.05) is 32.7 Å². The van der Waals surface area contributed by atoms with Crippen LogP contribution in [0.5, 0.6) is 0 Å². The summed E-state index contributed by atoms with van der Waals surface area (Å²) in [7, 11) is 0. The van der Waals surface area contributed by atoms with Crippen LogP contribution in [0.25, 0.3) is 0 Å². The summed E-state index contributed by atoms with van der Waals surface area (Å²) in [4.78, 5) is 24.5. The highest BCUT2D eigenvalue weighted by molar-refractivity contribution is 6.34. The predicted molar refractivity (Wildman–Crippen MR) is 60.4 cm³/mol. The van der Waals surface area contributed by atoms with Crippen molar-refractivity contribution in [1.29, 1.82) is 0 Å². The van der Waals surface area contributed by atoms with Gasteiger partial charge in [0.25, 0.3) is 0 Å². The van der Waals surface area contributed by atoms with Crippen LogP contribution in [0.1, 0.15) is 20.3 Å². The predicted octanol–water partition coefficient (Wildman–Crippen LogP) is -0.0384. The summed E-state index contributed by atoms with van der Waals surface area (Å²) in [6.07, 6.45) is 0.558. The van der Waals surface area contributed by atoms with Crippen LogP contribution in [0.3, 0.4) is 0 Å². The number of nitrogens with zero attached hydrogens (tertiary/aromatic N) is 1. The normalized spacial score (nSPS) is 21.4. The Bertz CT molecular complexity index is 274. The average Bonchev–Trinajstić information content (AvgIpc) is 2.29. The zero-order valence-electron chi connectivity index (χ0n) is 9.95. The molecule has 1 rings (SSSR count). The molecule has 92 valence electrons. The first-order chi connectivity index (χ1) is 7.49. The molecule has 0 aromatic carbocycles. The van der Waals surface area contributed by atoms with E-state index in [0.717, 1.165) is 26.2 Å². The number of piperazine rings is 1. The number of hydrogen-bond acceptors (Lipinski definition) is 4. The zero-order chi connectivity index (χ0) is 12.2. The summed E-state index contributed by atoms with van der Waals surface area (Å²) in [5.74, 6) is -1.99. The topological polar surface area (TPSA) is 69.6 Å². The van der Waals surface area contributed by atoms with Gasteiger partial charge in [-0.3, -0.25) is 9.69 Å². The Balaban J connectivity index is 2.64. The average molecular weight is 228 g/mol. The van der Waals surface area contributed by atoms with Gasteiger partial charge in [-0.05, 0) is 6.42 Å². The third-order valence-corrected chi connectivity index (χ3v) is 3.30. The van der Waals surface area contributed by atoms with Gasteiger partial charge < -0.3 is 10.4 Å². The molecule has 0 saturated carbocycles. The first kappa shape index (κ1) is 13.1. The van der Waals surface area contributed by atoms with Crippen LogP contribution >= 0.6 is 0 Å². The largest absolute Gasteiger partial charge is 0.475 e. The molecule has 0 aromatic rings. The van der Waals surface area contributed by atoms with E-state index in [1.165, 1.54) is 0 Å². The minimum absolute atomic E-state index is 0.538. The van der Waals surface area contributed by atoms with E-state index in [9.17, 15) is 9.59 Å². The minimum atomic E-state index is -1.32. The van der Waals surface area contributed by atoms with Crippen LogP contribution in [0.4, 0.5) is 0 Å². The summed E-state index contributed by atoms with van der Waals surface area (Å²) in [6.45, 7) is 7.71. The summed E-state index contributed by atoms with van der Waals surface area (Å²) >= 11 is 0. The van der Waals surface area contributed by atoms with Gasteiger partial charge in [-0.15, -0.1) is 0 Å². The van der Waals surface area contributed by atoms with Gasteiger partial charge in [-0.25, -0.2) is 4.79 Å². The van der Waals surface area contributed by atoms with E-state index >= 15 is 0 Å². The molecular weight excluding hydrogens is 208 g/mol. The van der Waals surface area contributed by atoms with Crippen molar-refractivity contribution in [2.75, 3.05) is 32.7 Å². The summed E-state index contributed by atoms with van der Waals surface area (Å²) < 4.78 is 0. The number of nitrogens with one attached hydrogen (secondary N) is 1. The lowest BCUT2D eigenvalue weighted by Gasteiger charge is -2.35. The van der Waals surface area contributed by atoms with Crippen molar-refractivity contribution < 1.29 is 14.7 Å². The molecule has 0 aliphatic carbocycles. The van der Waals surface area contributed by atoms with Crippen LogP contribution in [-0.2, 0) is 9.59 Å². The number of carbonyl (C=O) groups is 2. The third-order valence-electron chi connectivity index (χ3n) is 3.30. The first-order valence-corrected chi connectivity index (χ1v) is 5.70. The standard InChI is InChI=1S/C11H20N2O3/c1-3-11(2,9(14)10(15)16)8-13-6-4-12-5-7-13/h12H,3-8H2,1-2H3,(H,15,16). The van der Waals surface area contributed by atoms with Crippen molar-refractivity contribution >= 4 is 11.8 Å². The molecule has 16 heavy (non-hydrogen) atoms. The van der Waals surface area contributed by atoms with Crippen molar-refractivity contribution in [1.82, 2.24) is 10.2 Å². The molecule has 1 heterocycles. The van der Waals surface area contributed by atoms with E-state index in [4.69, 9.17) is 5.11 Å². The van der Waals surface area contributed by atoms with Crippen molar-refractivity contribution in [3.8, 4) is 0 Å². The Labute approximate surface area is 95.8 Å². The second-order valence-electron chi connectivity index (χ2n) is 4.57. The molecule has 1 saturated heterocycles. The number of rotatable bonds is 5. The molecule has 5 nitrogen and oxygen atoms in total. The van der Waals surface area contributed by atoms with Gasteiger partial charge in [-0.2, -0.15) is 0 Å². The maximum absolute atomic E-state index is 11.6. The number of aliphatic carboxylic acids is 1. The summed E-state index contributed by atoms with van der Waals surface area (Å²) in [6, 6.07) is 0. The number of hydrogen-bond donors (Lipinski definition) is 2. The number of Topliss-reactive ketones (excluding diaryl/α,β-unsaturated/α-hetero) is 1. The minimum Gasteiger partial charge on any atom is -0.475 e. The Hall–Kier alpha value is -0.940.